The molecule has 0 saturated heterocycles. The van der Waals surface area contributed by atoms with Gasteiger partial charge in [-0.15, -0.1) is 11.8 Å². The quantitative estimate of drug-likeness (QED) is 0.346. The predicted molar refractivity (Wildman–Crippen MR) is 141 cm³/mol. The molecule has 2 heterocycles. The molecule has 6 nitrogen and oxygen atoms in total. The number of hydrogen-bond donors (Lipinski definition) is 0. The first-order valence-corrected chi connectivity index (χ1v) is 13.4. The van der Waals surface area contributed by atoms with Crippen LogP contribution in [0.2, 0.25) is 5.02 Å². The van der Waals surface area contributed by atoms with Crippen molar-refractivity contribution < 1.29 is 14.3 Å². The van der Waals surface area contributed by atoms with E-state index < -0.39 is 12.0 Å². The van der Waals surface area contributed by atoms with E-state index in [-0.39, 0.29) is 11.7 Å². The number of methoxy groups -OCH3 is 1. The average Bonchev–Trinajstić information content (AvgIpc) is 3.12. The fourth-order valence-electron chi connectivity index (χ4n) is 3.89. The number of benzene rings is 2. The van der Waals surface area contributed by atoms with Gasteiger partial charge in [0.05, 0.1) is 40.1 Å². The highest BCUT2D eigenvalue weighted by Crippen LogP contribution is 2.32. The van der Waals surface area contributed by atoms with E-state index in [1.165, 1.54) is 11.3 Å². The first-order chi connectivity index (χ1) is 16.7. The normalized spacial score (nSPS) is 15.7. The Kier molecular flexibility index (Phi) is 7.54. The Morgan fingerprint density at radius 1 is 1.23 bits per heavy atom. The van der Waals surface area contributed by atoms with Crippen molar-refractivity contribution in [2.24, 2.45) is 4.99 Å². The van der Waals surface area contributed by atoms with Gasteiger partial charge in [0.2, 0.25) is 0 Å². The molecule has 1 aliphatic rings. The molecule has 0 saturated carbocycles. The fourth-order valence-corrected chi connectivity index (χ4v) is 5.61. The van der Waals surface area contributed by atoms with Gasteiger partial charge in [-0.25, -0.2) is 9.79 Å². The molecule has 3 aromatic rings. The molecule has 182 valence electrons. The second kappa shape index (κ2) is 10.4. The van der Waals surface area contributed by atoms with Crippen LogP contribution in [0.15, 0.2) is 68.4 Å². The number of carbonyl (C=O) groups is 1. The molecule has 1 atom stereocenters. The van der Waals surface area contributed by atoms with Crippen LogP contribution < -0.4 is 19.6 Å². The fraction of sp³-hybridized carbons (Fsp3) is 0.269. The van der Waals surface area contributed by atoms with E-state index in [1.807, 2.05) is 36.6 Å². The van der Waals surface area contributed by atoms with E-state index in [1.54, 1.807) is 62.4 Å². The molecule has 1 aromatic heterocycles. The first-order valence-electron chi connectivity index (χ1n) is 10.9. The molecule has 35 heavy (non-hydrogen) atoms. The Balaban J connectivity index is 1.91. The molecule has 2 aromatic carbocycles. The number of ether oxygens (including phenoxy) is 2. The molecule has 4 rings (SSSR count). The molecular formula is C26H25ClN2O4S2. The lowest BCUT2D eigenvalue weighted by atomic mass is 9.96. The van der Waals surface area contributed by atoms with Crippen LogP contribution in [0.25, 0.3) is 6.08 Å². The van der Waals surface area contributed by atoms with Crippen molar-refractivity contribution in [1.29, 1.82) is 0 Å². The van der Waals surface area contributed by atoms with Crippen molar-refractivity contribution >= 4 is 46.7 Å². The lowest BCUT2D eigenvalue weighted by Crippen LogP contribution is -2.40. The summed E-state index contributed by atoms with van der Waals surface area (Å²) in [5, 5.41) is 0.454. The Labute approximate surface area is 216 Å². The lowest BCUT2D eigenvalue weighted by molar-refractivity contribution is -0.143. The summed E-state index contributed by atoms with van der Waals surface area (Å²) >= 11 is 9.17. The van der Waals surface area contributed by atoms with Crippen LogP contribution in [-0.4, -0.2) is 30.0 Å². The number of thiazole rings is 1. The van der Waals surface area contributed by atoms with Gasteiger partial charge >= 0.3 is 5.97 Å². The predicted octanol–water partition coefficient (Wildman–Crippen LogP) is 4.57. The summed E-state index contributed by atoms with van der Waals surface area (Å²) in [4.78, 5) is 33.1. The molecule has 0 fully saturated rings. The summed E-state index contributed by atoms with van der Waals surface area (Å²) in [6.45, 7) is 5.37. The minimum absolute atomic E-state index is 0.234. The number of hydrogen-bond acceptors (Lipinski definition) is 7. The number of fused-ring (bicyclic) bond motifs is 1. The Bertz CT molecular complexity index is 1490. The van der Waals surface area contributed by atoms with Crippen molar-refractivity contribution in [1.82, 2.24) is 4.57 Å². The maximum absolute atomic E-state index is 13.7. The van der Waals surface area contributed by atoms with Crippen molar-refractivity contribution in [2.45, 2.75) is 37.8 Å². The van der Waals surface area contributed by atoms with Gasteiger partial charge in [-0.05, 0) is 68.5 Å². The van der Waals surface area contributed by atoms with E-state index in [2.05, 4.69) is 4.99 Å². The largest absolute Gasteiger partial charge is 0.495 e. The smallest absolute Gasteiger partial charge is 0.338 e. The molecule has 0 spiro atoms. The number of carbonyl (C=O) groups excluding carboxylic acids is 1. The van der Waals surface area contributed by atoms with Crippen LogP contribution in [0.3, 0.4) is 0 Å². The first kappa shape index (κ1) is 25.3. The Morgan fingerprint density at radius 3 is 2.54 bits per heavy atom. The number of allylic oxidation sites excluding steroid dienone is 1. The van der Waals surface area contributed by atoms with Crippen LogP contribution in [0.5, 0.6) is 5.75 Å². The van der Waals surface area contributed by atoms with Crippen molar-refractivity contribution in [3.63, 3.8) is 0 Å². The van der Waals surface area contributed by atoms with Crippen LogP contribution in [0.4, 0.5) is 0 Å². The summed E-state index contributed by atoms with van der Waals surface area (Å²) < 4.78 is 12.8. The zero-order valence-corrected chi connectivity index (χ0v) is 22.4. The van der Waals surface area contributed by atoms with E-state index >= 15 is 0 Å². The number of halogens is 1. The van der Waals surface area contributed by atoms with Gasteiger partial charge in [0.15, 0.2) is 4.80 Å². The maximum Gasteiger partial charge on any atom is 0.338 e. The number of esters is 1. The van der Waals surface area contributed by atoms with Crippen molar-refractivity contribution in [3.8, 4) is 5.75 Å². The van der Waals surface area contributed by atoms with Gasteiger partial charge in [0.1, 0.15) is 5.75 Å². The van der Waals surface area contributed by atoms with Gasteiger partial charge in [-0.3, -0.25) is 9.36 Å². The maximum atomic E-state index is 13.7. The second-order valence-electron chi connectivity index (χ2n) is 8.20. The lowest BCUT2D eigenvalue weighted by Gasteiger charge is -2.25. The van der Waals surface area contributed by atoms with Gasteiger partial charge in [-0.1, -0.05) is 41.1 Å². The monoisotopic (exact) mass is 528 g/mol. The van der Waals surface area contributed by atoms with Crippen LogP contribution >= 0.6 is 34.7 Å². The molecule has 0 radical (unpaired) electrons. The SMILES string of the molecule is COc1ccc(/C=c2\sc3n(c2=O)[C@@H](c2ccc(SC)cc2)C(C(=O)OC(C)C)=C(C)N=3)cc1Cl. The molecule has 0 bridgehead atoms. The third kappa shape index (κ3) is 5.10. The average molecular weight is 529 g/mol. The van der Waals surface area contributed by atoms with E-state index in [0.29, 0.717) is 31.4 Å². The second-order valence-corrected chi connectivity index (χ2v) is 10.5. The number of aromatic nitrogens is 1. The molecular weight excluding hydrogens is 504 g/mol. The minimum atomic E-state index is -0.644. The van der Waals surface area contributed by atoms with Crippen LogP contribution in [0.1, 0.15) is 37.9 Å². The molecule has 0 amide bonds. The summed E-state index contributed by atoms with van der Waals surface area (Å²) in [5.74, 6) is 0.0827. The molecule has 0 unspecified atom stereocenters. The Hall–Kier alpha value is -2.81. The number of nitrogens with zero attached hydrogens (tertiary/aromatic N) is 2. The van der Waals surface area contributed by atoms with E-state index in [9.17, 15) is 9.59 Å². The highest BCUT2D eigenvalue weighted by atomic mass is 35.5. The van der Waals surface area contributed by atoms with Gasteiger partial charge in [-0.2, -0.15) is 0 Å². The number of thioether (sulfide) groups is 1. The summed E-state index contributed by atoms with van der Waals surface area (Å²) in [6.07, 6.45) is 3.47. The topological polar surface area (TPSA) is 69.9 Å². The molecule has 0 aliphatic carbocycles. The van der Waals surface area contributed by atoms with Gasteiger partial charge in [0.25, 0.3) is 5.56 Å². The van der Waals surface area contributed by atoms with E-state index in [4.69, 9.17) is 21.1 Å². The summed E-state index contributed by atoms with van der Waals surface area (Å²) in [5.41, 5.74) is 2.24. The molecule has 9 heteroatoms. The number of rotatable bonds is 6. The Morgan fingerprint density at radius 2 is 1.94 bits per heavy atom. The standard InChI is InChI=1S/C26H25ClN2O4S2/c1-14(2)33-25(31)22-15(3)28-26-29(23(22)17-7-9-18(34-5)10-8-17)24(30)21(35-26)13-16-6-11-20(32-4)19(27)12-16/h6-14,23H,1-5H3/b21-13-/t23-/m0/s1. The third-order valence-electron chi connectivity index (χ3n) is 5.49. The molecule has 1 aliphatic heterocycles. The van der Waals surface area contributed by atoms with Gasteiger partial charge < -0.3 is 9.47 Å². The van der Waals surface area contributed by atoms with Crippen molar-refractivity contribution in [3.05, 3.63) is 89.6 Å². The summed E-state index contributed by atoms with van der Waals surface area (Å²) in [6, 6.07) is 12.5. The highest BCUT2D eigenvalue weighted by Gasteiger charge is 2.33. The van der Waals surface area contributed by atoms with Crippen LogP contribution in [0, 0.1) is 0 Å². The van der Waals surface area contributed by atoms with Gasteiger partial charge in [0, 0.05) is 4.90 Å². The zero-order chi connectivity index (χ0) is 25.3. The zero-order valence-electron chi connectivity index (χ0n) is 20.0. The summed E-state index contributed by atoms with van der Waals surface area (Å²) in [7, 11) is 1.55. The highest BCUT2D eigenvalue weighted by molar-refractivity contribution is 7.98. The minimum Gasteiger partial charge on any atom is -0.495 e. The van der Waals surface area contributed by atoms with Crippen LogP contribution in [-0.2, 0) is 9.53 Å². The third-order valence-corrected chi connectivity index (χ3v) is 7.51. The van der Waals surface area contributed by atoms with E-state index in [0.717, 1.165) is 16.0 Å². The van der Waals surface area contributed by atoms with Crippen molar-refractivity contribution in [2.75, 3.05) is 13.4 Å². The molecule has 0 N–H and O–H groups in total.